The van der Waals surface area contributed by atoms with Gasteiger partial charge in [0.05, 0.1) is 10.6 Å². The topological polar surface area (TPSA) is 40.5 Å². The van der Waals surface area contributed by atoms with Crippen LogP contribution in [0.3, 0.4) is 0 Å². The Morgan fingerprint density at radius 2 is 2.12 bits per heavy atom. The highest BCUT2D eigenvalue weighted by molar-refractivity contribution is 9.10. The van der Waals surface area contributed by atoms with Crippen molar-refractivity contribution in [3.05, 3.63) is 40.4 Å². The summed E-state index contributed by atoms with van der Waals surface area (Å²) in [6, 6.07) is 5.02. The van der Waals surface area contributed by atoms with Gasteiger partial charge in [-0.1, -0.05) is 38.0 Å². The van der Waals surface area contributed by atoms with Crippen molar-refractivity contribution >= 4 is 15.9 Å². The number of aliphatic hydroxyl groups excluding tert-OH is 1. The maximum atomic E-state index is 10.3. The Hall–Kier alpha value is -1.24. The molecule has 1 atom stereocenters. The van der Waals surface area contributed by atoms with Crippen LogP contribution in [0.5, 0.6) is 5.75 Å². The second kappa shape index (κ2) is 5.39. The van der Waals surface area contributed by atoms with Gasteiger partial charge in [0.1, 0.15) is 5.75 Å². The fourth-order valence-corrected chi connectivity index (χ4v) is 1.98. The summed E-state index contributed by atoms with van der Waals surface area (Å²) in [5, 5.41) is 19.9. The van der Waals surface area contributed by atoms with E-state index in [2.05, 4.69) is 21.9 Å². The molecule has 0 bridgehead atoms. The number of phenols is 1. The normalized spacial score (nSPS) is 13.6. The monoisotopic (exact) mass is 294 g/mol. The van der Waals surface area contributed by atoms with Crippen LogP contribution in [0.2, 0.25) is 0 Å². The van der Waals surface area contributed by atoms with Gasteiger partial charge in [0.15, 0.2) is 0 Å². The Bertz CT molecular complexity index is 470. The van der Waals surface area contributed by atoms with Crippen LogP contribution in [0.4, 0.5) is 0 Å². The molecule has 3 heteroatoms. The highest BCUT2D eigenvalue weighted by Gasteiger charge is 2.28. The summed E-state index contributed by atoms with van der Waals surface area (Å²) in [5.41, 5.74) is 0.125. The van der Waals surface area contributed by atoms with Crippen LogP contribution in [-0.2, 0) is 0 Å². The molecule has 0 saturated carbocycles. The first-order valence-electron chi connectivity index (χ1n) is 5.19. The number of hydrogen-bond donors (Lipinski definition) is 2. The fraction of sp³-hybridized carbons (Fsp3) is 0.286. The first-order chi connectivity index (χ1) is 7.90. The van der Waals surface area contributed by atoms with Crippen molar-refractivity contribution in [1.29, 1.82) is 0 Å². The maximum absolute atomic E-state index is 10.3. The van der Waals surface area contributed by atoms with Gasteiger partial charge < -0.3 is 10.2 Å². The molecule has 0 amide bonds. The van der Waals surface area contributed by atoms with E-state index >= 15 is 0 Å². The molecule has 0 spiro atoms. The van der Waals surface area contributed by atoms with Gasteiger partial charge in [-0.25, -0.2) is 0 Å². The second-order valence-corrected chi connectivity index (χ2v) is 5.20. The van der Waals surface area contributed by atoms with Crippen LogP contribution in [-0.4, -0.2) is 10.2 Å². The average Bonchev–Trinajstić information content (AvgIpc) is 2.29. The third kappa shape index (κ3) is 3.12. The number of hydrogen-bond acceptors (Lipinski definition) is 2. The van der Waals surface area contributed by atoms with Gasteiger partial charge in [-0.15, -0.1) is 6.42 Å². The van der Waals surface area contributed by atoms with E-state index in [0.29, 0.717) is 10.0 Å². The van der Waals surface area contributed by atoms with Crippen LogP contribution in [0.25, 0.3) is 0 Å². The van der Waals surface area contributed by atoms with Gasteiger partial charge in [0, 0.05) is 5.41 Å². The molecule has 90 valence electrons. The standard InChI is InChI=1S/C14H15BrO2/c1-4-5-9-14(2,3)13(17)10-7-6-8-11(16)12(10)15/h1,5-9,13,16-17H,2-3H3/b9-5+/t13-/m0/s1. The van der Waals surface area contributed by atoms with Gasteiger partial charge in [0.25, 0.3) is 0 Å². The summed E-state index contributed by atoms with van der Waals surface area (Å²) in [4.78, 5) is 0. The number of phenolic OH excluding ortho intramolecular Hbond substituents is 1. The summed E-state index contributed by atoms with van der Waals surface area (Å²) in [7, 11) is 0. The molecule has 0 radical (unpaired) electrons. The van der Waals surface area contributed by atoms with Crippen molar-refractivity contribution in [3.8, 4) is 18.1 Å². The smallest absolute Gasteiger partial charge is 0.130 e. The first kappa shape index (κ1) is 13.8. The lowest BCUT2D eigenvalue weighted by Crippen LogP contribution is -2.19. The third-order valence-corrected chi connectivity index (χ3v) is 3.48. The maximum Gasteiger partial charge on any atom is 0.130 e. The molecule has 0 unspecified atom stereocenters. The van der Waals surface area contributed by atoms with Gasteiger partial charge in [-0.3, -0.25) is 0 Å². The Labute approximate surface area is 110 Å². The lowest BCUT2D eigenvalue weighted by atomic mass is 9.82. The summed E-state index contributed by atoms with van der Waals surface area (Å²) in [5.74, 6) is 2.51. The Balaban J connectivity index is 3.13. The number of aliphatic hydroxyl groups is 1. The lowest BCUT2D eigenvalue weighted by Gasteiger charge is -2.28. The molecule has 0 aliphatic carbocycles. The molecule has 0 saturated heterocycles. The molecule has 0 aliphatic heterocycles. The van der Waals surface area contributed by atoms with E-state index < -0.39 is 11.5 Å². The van der Waals surface area contributed by atoms with E-state index in [4.69, 9.17) is 6.42 Å². The number of rotatable bonds is 3. The van der Waals surface area contributed by atoms with E-state index in [1.165, 1.54) is 0 Å². The molecule has 1 aromatic rings. The van der Waals surface area contributed by atoms with Crippen molar-refractivity contribution in [3.63, 3.8) is 0 Å². The van der Waals surface area contributed by atoms with Crippen LogP contribution < -0.4 is 0 Å². The van der Waals surface area contributed by atoms with Gasteiger partial charge >= 0.3 is 0 Å². The van der Waals surface area contributed by atoms with Crippen molar-refractivity contribution in [1.82, 2.24) is 0 Å². The SMILES string of the molecule is C#C/C=C/C(C)(C)[C@@H](O)c1cccc(O)c1Br. The first-order valence-corrected chi connectivity index (χ1v) is 5.98. The average molecular weight is 295 g/mol. The molecule has 1 rings (SSSR count). The van der Waals surface area contributed by atoms with Gasteiger partial charge in [-0.05, 0) is 33.6 Å². The van der Waals surface area contributed by atoms with Crippen LogP contribution >= 0.6 is 15.9 Å². The Morgan fingerprint density at radius 3 is 2.71 bits per heavy atom. The minimum atomic E-state index is -0.756. The highest BCUT2D eigenvalue weighted by atomic mass is 79.9. The number of halogens is 1. The van der Waals surface area contributed by atoms with Crippen LogP contribution in [0, 0.1) is 17.8 Å². The molecule has 2 N–H and O–H groups in total. The molecule has 2 nitrogen and oxygen atoms in total. The molecular formula is C14H15BrO2. The zero-order chi connectivity index (χ0) is 13.1. The van der Waals surface area contributed by atoms with Crippen LogP contribution in [0.1, 0.15) is 25.5 Å². The molecule has 0 heterocycles. The minimum absolute atomic E-state index is 0.110. The van der Waals surface area contributed by atoms with Gasteiger partial charge in [-0.2, -0.15) is 0 Å². The predicted octanol–water partition coefficient (Wildman–Crippen LogP) is 3.40. The lowest BCUT2D eigenvalue weighted by molar-refractivity contribution is 0.0811. The van der Waals surface area contributed by atoms with Crippen molar-refractivity contribution in [2.45, 2.75) is 20.0 Å². The van der Waals surface area contributed by atoms with E-state index in [9.17, 15) is 10.2 Å². The molecule has 1 aromatic carbocycles. The summed E-state index contributed by atoms with van der Waals surface area (Å²) >= 11 is 3.27. The Morgan fingerprint density at radius 1 is 1.47 bits per heavy atom. The van der Waals surface area contributed by atoms with E-state index in [-0.39, 0.29) is 5.75 Å². The largest absolute Gasteiger partial charge is 0.507 e. The highest BCUT2D eigenvalue weighted by Crippen LogP contribution is 2.40. The summed E-state index contributed by atoms with van der Waals surface area (Å²) < 4.78 is 0.509. The number of benzene rings is 1. The van der Waals surface area contributed by atoms with Crippen molar-refractivity contribution < 1.29 is 10.2 Å². The zero-order valence-corrected chi connectivity index (χ0v) is 11.4. The predicted molar refractivity (Wildman–Crippen MR) is 72.5 cm³/mol. The van der Waals surface area contributed by atoms with Crippen molar-refractivity contribution in [2.24, 2.45) is 5.41 Å². The Kier molecular flexibility index (Phi) is 4.39. The van der Waals surface area contributed by atoms with Gasteiger partial charge in [0.2, 0.25) is 0 Å². The van der Waals surface area contributed by atoms with E-state index in [1.807, 2.05) is 13.8 Å². The van der Waals surface area contributed by atoms with Crippen molar-refractivity contribution in [2.75, 3.05) is 0 Å². The second-order valence-electron chi connectivity index (χ2n) is 4.40. The van der Waals surface area contributed by atoms with E-state index in [0.717, 1.165) is 0 Å². The van der Waals surface area contributed by atoms with E-state index in [1.54, 1.807) is 30.4 Å². The molecular weight excluding hydrogens is 280 g/mol. The van der Waals surface area contributed by atoms with Crippen LogP contribution in [0.15, 0.2) is 34.8 Å². The third-order valence-electron chi connectivity index (χ3n) is 2.62. The summed E-state index contributed by atoms with van der Waals surface area (Å²) in [6.45, 7) is 3.75. The summed E-state index contributed by atoms with van der Waals surface area (Å²) in [6.07, 6.45) is 7.75. The number of terminal acetylenes is 1. The molecule has 17 heavy (non-hydrogen) atoms. The number of aromatic hydroxyl groups is 1. The minimum Gasteiger partial charge on any atom is -0.507 e. The molecule has 0 fully saturated rings. The fourth-order valence-electron chi connectivity index (χ4n) is 1.50. The molecule has 0 aromatic heterocycles. The quantitative estimate of drug-likeness (QED) is 0.839. The molecule has 0 aliphatic rings. The number of allylic oxidation sites excluding steroid dienone is 1. The zero-order valence-electron chi connectivity index (χ0n) is 9.81.